The Kier molecular flexibility index (Phi) is 5.05. The van der Waals surface area contributed by atoms with Crippen molar-refractivity contribution >= 4 is 12.1 Å². The monoisotopic (exact) mass is 403 g/mol. The van der Waals surface area contributed by atoms with E-state index in [1.54, 1.807) is 6.21 Å². The number of fused-ring (bicyclic) bond motifs is 3. The molecule has 2 aliphatic carbocycles. The highest BCUT2D eigenvalue weighted by Crippen LogP contribution is 2.44. The fourth-order valence-electron chi connectivity index (χ4n) is 4.93. The largest absolute Gasteiger partial charge is 0.363 e. The predicted molar refractivity (Wildman–Crippen MR) is 120 cm³/mol. The van der Waals surface area contributed by atoms with Crippen LogP contribution in [0, 0.1) is 0 Å². The van der Waals surface area contributed by atoms with Gasteiger partial charge in [-0.2, -0.15) is 0 Å². The Morgan fingerprint density at radius 1 is 1.10 bits per heavy atom. The second kappa shape index (κ2) is 7.85. The van der Waals surface area contributed by atoms with Gasteiger partial charge < -0.3 is 15.1 Å². The first kappa shape index (κ1) is 19.3. The number of nitrogens with zero attached hydrogens (tertiary/aromatic N) is 4. The highest BCUT2D eigenvalue weighted by Gasteiger charge is 2.39. The number of carbonyl (C=O) groups excluding carboxylic acids is 1. The third-order valence-electron chi connectivity index (χ3n) is 6.67. The van der Waals surface area contributed by atoms with Crippen LogP contribution < -0.4 is 5.32 Å². The lowest BCUT2D eigenvalue weighted by molar-refractivity contribution is -0.117. The van der Waals surface area contributed by atoms with E-state index in [1.807, 2.05) is 6.08 Å². The summed E-state index contributed by atoms with van der Waals surface area (Å²) in [5, 5.41) is 3.16. The molecule has 6 nitrogen and oxygen atoms in total. The number of piperazine rings is 1. The molecular weight excluding hydrogens is 374 g/mol. The van der Waals surface area contributed by atoms with E-state index in [9.17, 15) is 4.79 Å². The van der Waals surface area contributed by atoms with Crippen molar-refractivity contribution in [1.82, 2.24) is 20.0 Å². The molecule has 30 heavy (non-hydrogen) atoms. The third kappa shape index (κ3) is 3.30. The molecule has 1 saturated heterocycles. The molecule has 5 rings (SSSR count). The van der Waals surface area contributed by atoms with Gasteiger partial charge in [-0.15, -0.1) is 0 Å². The standard InChI is InChI=1S/C24H29N5O/c1-27-12-14-29(15-13-27)11-10-26-24(30)20-16-19-17-6-3-4-8-21(17)28(2)23(19)18-7-5-9-25-22(18)20/h3-9,16,21-22H,10-15H2,1-2H3,(H,26,30). The number of likely N-dealkylation sites (N-methyl/N-ethyl adjacent to an activating group) is 2. The van der Waals surface area contributed by atoms with Crippen LogP contribution in [0.25, 0.3) is 0 Å². The summed E-state index contributed by atoms with van der Waals surface area (Å²) < 4.78 is 0. The van der Waals surface area contributed by atoms with Crippen LogP contribution >= 0.6 is 0 Å². The summed E-state index contributed by atoms with van der Waals surface area (Å²) in [5.74, 6) is -0.00679. The molecule has 156 valence electrons. The molecule has 5 aliphatic rings. The van der Waals surface area contributed by atoms with E-state index in [0.717, 1.165) is 49.4 Å². The molecule has 2 atom stereocenters. The molecule has 2 unspecified atom stereocenters. The minimum atomic E-state index is -0.228. The summed E-state index contributed by atoms with van der Waals surface area (Å²) >= 11 is 0. The van der Waals surface area contributed by atoms with Crippen LogP contribution in [0.2, 0.25) is 0 Å². The van der Waals surface area contributed by atoms with E-state index in [0.29, 0.717) is 6.54 Å². The first-order valence-electron chi connectivity index (χ1n) is 10.8. The van der Waals surface area contributed by atoms with E-state index in [4.69, 9.17) is 0 Å². The van der Waals surface area contributed by atoms with E-state index in [-0.39, 0.29) is 18.0 Å². The maximum atomic E-state index is 13.2. The molecular formula is C24H29N5O. The fourth-order valence-corrected chi connectivity index (χ4v) is 4.93. The van der Waals surface area contributed by atoms with Crippen LogP contribution in [-0.4, -0.2) is 92.3 Å². The topological polar surface area (TPSA) is 51.2 Å². The Morgan fingerprint density at radius 3 is 2.73 bits per heavy atom. The van der Waals surface area contributed by atoms with Crippen LogP contribution in [0.15, 0.2) is 75.5 Å². The molecule has 3 aliphatic heterocycles. The van der Waals surface area contributed by atoms with E-state index >= 15 is 0 Å². The first-order valence-corrected chi connectivity index (χ1v) is 10.8. The van der Waals surface area contributed by atoms with Crippen molar-refractivity contribution in [3.63, 3.8) is 0 Å². The lowest BCUT2D eigenvalue weighted by Gasteiger charge is -2.32. The van der Waals surface area contributed by atoms with E-state index in [2.05, 4.69) is 75.6 Å². The van der Waals surface area contributed by atoms with Crippen molar-refractivity contribution in [2.45, 2.75) is 12.1 Å². The number of allylic oxidation sites excluding steroid dienone is 4. The molecule has 0 saturated carbocycles. The van der Waals surface area contributed by atoms with Gasteiger partial charge in [-0.25, -0.2) is 0 Å². The summed E-state index contributed by atoms with van der Waals surface area (Å²) in [4.78, 5) is 24.9. The number of carbonyl (C=O) groups is 1. The van der Waals surface area contributed by atoms with Gasteiger partial charge in [0.25, 0.3) is 0 Å². The molecule has 1 fully saturated rings. The van der Waals surface area contributed by atoms with Gasteiger partial charge in [-0.05, 0) is 24.8 Å². The van der Waals surface area contributed by atoms with Crippen LogP contribution in [0.1, 0.15) is 0 Å². The maximum absolute atomic E-state index is 13.2. The van der Waals surface area contributed by atoms with Crippen molar-refractivity contribution in [3.8, 4) is 0 Å². The number of rotatable bonds is 4. The molecule has 1 N–H and O–H groups in total. The summed E-state index contributed by atoms with van der Waals surface area (Å²) in [6.45, 7) is 5.86. The number of hydrogen-bond donors (Lipinski definition) is 1. The van der Waals surface area contributed by atoms with Gasteiger partial charge >= 0.3 is 0 Å². The van der Waals surface area contributed by atoms with Crippen LogP contribution in [0.3, 0.4) is 0 Å². The average molecular weight is 404 g/mol. The normalized spacial score (nSPS) is 27.9. The number of nitrogens with one attached hydrogen (secondary N) is 1. The molecule has 6 heteroatoms. The minimum absolute atomic E-state index is 0.00679. The highest BCUT2D eigenvalue weighted by atomic mass is 16.1. The van der Waals surface area contributed by atoms with Crippen molar-refractivity contribution in [2.75, 3.05) is 53.4 Å². The van der Waals surface area contributed by atoms with Crippen molar-refractivity contribution in [1.29, 1.82) is 0 Å². The molecule has 0 aromatic rings. The third-order valence-corrected chi connectivity index (χ3v) is 6.67. The number of dihydropyridines is 1. The van der Waals surface area contributed by atoms with Gasteiger partial charge in [0.05, 0.1) is 11.7 Å². The van der Waals surface area contributed by atoms with Gasteiger partial charge in [0.1, 0.15) is 6.04 Å². The quantitative estimate of drug-likeness (QED) is 0.769. The smallest absolute Gasteiger partial charge is 0.249 e. The summed E-state index contributed by atoms with van der Waals surface area (Å²) in [5.41, 5.74) is 5.46. The molecule has 0 aromatic carbocycles. The molecule has 0 spiro atoms. The second-order valence-electron chi connectivity index (χ2n) is 8.53. The summed E-state index contributed by atoms with van der Waals surface area (Å²) in [6.07, 6.45) is 16.5. The molecule has 0 radical (unpaired) electrons. The van der Waals surface area contributed by atoms with Gasteiger partial charge in [0.2, 0.25) is 5.91 Å². The Hall–Kier alpha value is -2.70. The first-order chi connectivity index (χ1) is 14.6. The molecule has 0 aromatic heterocycles. The average Bonchev–Trinajstić information content (AvgIpc) is 3.07. The Bertz CT molecular complexity index is 956. The van der Waals surface area contributed by atoms with Crippen LogP contribution in [-0.2, 0) is 4.79 Å². The zero-order valence-electron chi connectivity index (χ0n) is 17.7. The highest BCUT2D eigenvalue weighted by molar-refractivity contribution is 5.98. The van der Waals surface area contributed by atoms with Crippen molar-refractivity contribution < 1.29 is 4.79 Å². The van der Waals surface area contributed by atoms with Gasteiger partial charge in [0.15, 0.2) is 0 Å². The fraction of sp³-hybridized carbons (Fsp3) is 0.417. The zero-order chi connectivity index (χ0) is 20.7. The van der Waals surface area contributed by atoms with Crippen molar-refractivity contribution in [3.05, 3.63) is 70.5 Å². The van der Waals surface area contributed by atoms with Crippen LogP contribution in [0.5, 0.6) is 0 Å². The number of amides is 1. The van der Waals surface area contributed by atoms with Gasteiger partial charge in [-0.1, -0.05) is 30.4 Å². The van der Waals surface area contributed by atoms with Crippen LogP contribution in [0.4, 0.5) is 0 Å². The lowest BCUT2D eigenvalue weighted by atomic mass is 9.85. The van der Waals surface area contributed by atoms with Gasteiger partial charge in [0, 0.05) is 69.3 Å². The maximum Gasteiger partial charge on any atom is 0.249 e. The summed E-state index contributed by atoms with van der Waals surface area (Å²) in [7, 11) is 4.28. The second-order valence-corrected chi connectivity index (χ2v) is 8.53. The molecule has 0 bridgehead atoms. The Morgan fingerprint density at radius 2 is 1.90 bits per heavy atom. The zero-order valence-corrected chi connectivity index (χ0v) is 17.7. The Balaban J connectivity index is 1.36. The summed E-state index contributed by atoms with van der Waals surface area (Å²) in [6, 6.07) is -0.00287. The van der Waals surface area contributed by atoms with E-state index in [1.165, 1.54) is 11.3 Å². The number of aliphatic imine (C=N–C) groups is 1. The molecule has 3 heterocycles. The van der Waals surface area contributed by atoms with Crippen molar-refractivity contribution in [2.24, 2.45) is 4.99 Å². The predicted octanol–water partition coefficient (Wildman–Crippen LogP) is 1.29. The SMILES string of the molecule is CN1CCN(CCNC(=O)C2=CC3=C4C=CC=CC4N(C)C3=C3C=CC=NC23)CC1. The van der Waals surface area contributed by atoms with Gasteiger partial charge in [-0.3, -0.25) is 14.7 Å². The Labute approximate surface area is 178 Å². The number of hydrogen-bond acceptors (Lipinski definition) is 5. The lowest BCUT2D eigenvalue weighted by Crippen LogP contribution is -2.47. The minimum Gasteiger partial charge on any atom is -0.363 e. The molecule has 1 amide bonds. The van der Waals surface area contributed by atoms with E-state index < -0.39 is 0 Å².